The molecule has 0 saturated heterocycles. The van der Waals surface area contributed by atoms with Crippen LogP contribution < -0.4 is 16.4 Å². The van der Waals surface area contributed by atoms with Crippen molar-refractivity contribution in [2.24, 2.45) is 10.7 Å². The molecule has 0 aliphatic carbocycles. The minimum absolute atomic E-state index is 0. The molecule has 1 aromatic rings. The molecule has 1 unspecified atom stereocenters. The number of aromatic nitrogens is 1. The second-order valence-corrected chi connectivity index (χ2v) is 4.74. The van der Waals surface area contributed by atoms with E-state index in [2.05, 4.69) is 27.5 Å². The number of hydrogen-bond donors (Lipinski definition) is 3. The standard InChI is InChI=1S/C14H23N5O.HI/c1-4-11(3)18-14(15)16-8-7-13(20)19-12-6-5-10(2)9-17-12;/h5-6,9,11H,4,7-8H2,1-3H3,(H3,15,16,18)(H,17,19,20);1H. The number of rotatable bonds is 6. The number of nitrogens with two attached hydrogens (primary N) is 1. The van der Waals surface area contributed by atoms with Gasteiger partial charge in [-0.25, -0.2) is 4.98 Å². The number of anilines is 1. The quantitative estimate of drug-likeness (QED) is 0.384. The van der Waals surface area contributed by atoms with Gasteiger partial charge in [-0.15, -0.1) is 24.0 Å². The molecule has 21 heavy (non-hydrogen) atoms. The summed E-state index contributed by atoms with van der Waals surface area (Å²) in [5.74, 6) is 0.803. The molecular weight excluding hydrogens is 381 g/mol. The Morgan fingerprint density at radius 3 is 2.76 bits per heavy atom. The lowest BCUT2D eigenvalue weighted by atomic mass is 10.3. The highest BCUT2D eigenvalue weighted by Crippen LogP contribution is 2.04. The van der Waals surface area contributed by atoms with E-state index in [4.69, 9.17) is 5.73 Å². The van der Waals surface area contributed by atoms with Crippen molar-refractivity contribution in [1.29, 1.82) is 0 Å². The fraction of sp³-hybridized carbons (Fsp3) is 0.500. The molecule has 1 rings (SSSR count). The number of guanidine groups is 1. The highest BCUT2D eigenvalue weighted by atomic mass is 127. The van der Waals surface area contributed by atoms with Crippen LogP contribution in [0.2, 0.25) is 0 Å². The van der Waals surface area contributed by atoms with E-state index in [-0.39, 0.29) is 42.3 Å². The van der Waals surface area contributed by atoms with Crippen LogP contribution in [0.4, 0.5) is 5.82 Å². The van der Waals surface area contributed by atoms with Crippen LogP contribution in [-0.4, -0.2) is 29.4 Å². The van der Waals surface area contributed by atoms with Crippen molar-refractivity contribution >= 4 is 41.7 Å². The van der Waals surface area contributed by atoms with Gasteiger partial charge in [-0.1, -0.05) is 13.0 Å². The number of carbonyl (C=O) groups is 1. The van der Waals surface area contributed by atoms with Gasteiger partial charge in [-0.05, 0) is 31.9 Å². The van der Waals surface area contributed by atoms with Crippen LogP contribution >= 0.6 is 24.0 Å². The molecule has 1 amide bonds. The second kappa shape index (κ2) is 10.4. The molecule has 4 N–H and O–H groups in total. The number of amides is 1. The van der Waals surface area contributed by atoms with Gasteiger partial charge in [0.05, 0.1) is 6.54 Å². The number of carbonyl (C=O) groups excluding carboxylic acids is 1. The zero-order valence-electron chi connectivity index (χ0n) is 12.7. The van der Waals surface area contributed by atoms with Crippen LogP contribution in [0.5, 0.6) is 0 Å². The summed E-state index contributed by atoms with van der Waals surface area (Å²) in [6, 6.07) is 3.95. The van der Waals surface area contributed by atoms with Crippen molar-refractivity contribution < 1.29 is 4.79 Å². The van der Waals surface area contributed by atoms with Gasteiger partial charge in [0.2, 0.25) is 5.91 Å². The number of pyridine rings is 1. The van der Waals surface area contributed by atoms with Gasteiger partial charge in [-0.3, -0.25) is 9.79 Å². The van der Waals surface area contributed by atoms with Crippen molar-refractivity contribution in [3.05, 3.63) is 23.9 Å². The molecule has 0 bridgehead atoms. The maximum Gasteiger partial charge on any atom is 0.227 e. The second-order valence-electron chi connectivity index (χ2n) is 4.74. The van der Waals surface area contributed by atoms with E-state index in [1.807, 2.05) is 19.9 Å². The highest BCUT2D eigenvalue weighted by Gasteiger charge is 2.03. The Hall–Kier alpha value is -1.38. The smallest absolute Gasteiger partial charge is 0.227 e. The van der Waals surface area contributed by atoms with E-state index in [0.29, 0.717) is 18.3 Å². The SMILES string of the molecule is CCC(C)NC(N)=NCCC(=O)Nc1ccc(C)cn1.I. The van der Waals surface area contributed by atoms with E-state index in [9.17, 15) is 4.79 Å². The minimum atomic E-state index is -0.124. The molecule has 0 aliphatic rings. The largest absolute Gasteiger partial charge is 0.370 e. The number of aliphatic imine (C=N–C) groups is 1. The third-order valence-electron chi connectivity index (χ3n) is 2.81. The van der Waals surface area contributed by atoms with Crippen LogP contribution in [0.25, 0.3) is 0 Å². The molecule has 0 fully saturated rings. The lowest BCUT2D eigenvalue weighted by Gasteiger charge is -2.11. The van der Waals surface area contributed by atoms with Gasteiger partial charge in [0, 0.05) is 18.7 Å². The average Bonchev–Trinajstić information content (AvgIpc) is 2.41. The van der Waals surface area contributed by atoms with E-state index in [1.165, 1.54) is 0 Å². The first-order valence-corrected chi connectivity index (χ1v) is 6.80. The molecule has 6 nitrogen and oxygen atoms in total. The number of halogens is 1. The summed E-state index contributed by atoms with van der Waals surface area (Å²) in [7, 11) is 0. The van der Waals surface area contributed by atoms with Gasteiger partial charge < -0.3 is 16.4 Å². The molecule has 0 spiro atoms. The molecule has 0 aromatic carbocycles. The van der Waals surface area contributed by atoms with Gasteiger partial charge >= 0.3 is 0 Å². The Bertz CT molecular complexity index is 461. The Kier molecular flexibility index (Phi) is 9.68. The number of nitrogens with one attached hydrogen (secondary N) is 2. The Morgan fingerprint density at radius 1 is 1.48 bits per heavy atom. The van der Waals surface area contributed by atoms with E-state index in [1.54, 1.807) is 12.3 Å². The zero-order chi connectivity index (χ0) is 15.0. The summed E-state index contributed by atoms with van der Waals surface area (Å²) in [5.41, 5.74) is 6.75. The fourth-order valence-electron chi connectivity index (χ4n) is 1.43. The van der Waals surface area contributed by atoms with Gasteiger partial charge in [-0.2, -0.15) is 0 Å². The summed E-state index contributed by atoms with van der Waals surface area (Å²) in [4.78, 5) is 19.9. The number of aryl methyl sites for hydroxylation is 1. The van der Waals surface area contributed by atoms with Crippen LogP contribution in [0.3, 0.4) is 0 Å². The topological polar surface area (TPSA) is 92.4 Å². The maximum absolute atomic E-state index is 11.7. The molecule has 0 aliphatic heterocycles. The molecule has 7 heteroatoms. The third-order valence-corrected chi connectivity index (χ3v) is 2.81. The fourth-order valence-corrected chi connectivity index (χ4v) is 1.43. The molecule has 1 heterocycles. The average molecular weight is 405 g/mol. The number of nitrogens with zero attached hydrogens (tertiary/aromatic N) is 2. The predicted octanol–water partition coefficient (Wildman–Crippen LogP) is 2.04. The number of hydrogen-bond acceptors (Lipinski definition) is 3. The molecule has 0 saturated carbocycles. The summed E-state index contributed by atoms with van der Waals surface area (Å²) in [6.07, 6.45) is 2.95. The van der Waals surface area contributed by atoms with E-state index < -0.39 is 0 Å². The van der Waals surface area contributed by atoms with Crippen LogP contribution in [-0.2, 0) is 4.79 Å². The van der Waals surface area contributed by atoms with Crippen LogP contribution in [0, 0.1) is 6.92 Å². The summed E-state index contributed by atoms with van der Waals surface area (Å²) in [6.45, 7) is 6.39. The monoisotopic (exact) mass is 405 g/mol. The van der Waals surface area contributed by atoms with Crippen molar-refractivity contribution in [2.45, 2.75) is 39.7 Å². The molecule has 1 atom stereocenters. The summed E-state index contributed by atoms with van der Waals surface area (Å²) < 4.78 is 0. The minimum Gasteiger partial charge on any atom is -0.370 e. The summed E-state index contributed by atoms with van der Waals surface area (Å²) >= 11 is 0. The van der Waals surface area contributed by atoms with Crippen molar-refractivity contribution in [1.82, 2.24) is 10.3 Å². The maximum atomic E-state index is 11.7. The molecular formula is C14H24IN5O. The lowest BCUT2D eigenvalue weighted by Crippen LogP contribution is -2.38. The lowest BCUT2D eigenvalue weighted by molar-refractivity contribution is -0.116. The first-order chi connectivity index (χ1) is 9.51. The van der Waals surface area contributed by atoms with Gasteiger partial charge in [0.25, 0.3) is 0 Å². The van der Waals surface area contributed by atoms with Crippen molar-refractivity contribution in [3.63, 3.8) is 0 Å². The van der Waals surface area contributed by atoms with E-state index >= 15 is 0 Å². The first kappa shape index (κ1) is 19.6. The predicted molar refractivity (Wildman–Crippen MR) is 97.0 cm³/mol. The van der Waals surface area contributed by atoms with E-state index in [0.717, 1.165) is 12.0 Å². The van der Waals surface area contributed by atoms with Crippen LogP contribution in [0.15, 0.2) is 23.3 Å². The van der Waals surface area contributed by atoms with Crippen molar-refractivity contribution in [3.8, 4) is 0 Å². The van der Waals surface area contributed by atoms with Gasteiger partial charge in [0.1, 0.15) is 5.82 Å². The Morgan fingerprint density at radius 2 is 2.19 bits per heavy atom. The first-order valence-electron chi connectivity index (χ1n) is 6.80. The zero-order valence-corrected chi connectivity index (χ0v) is 15.0. The third kappa shape index (κ3) is 8.49. The molecule has 118 valence electrons. The van der Waals surface area contributed by atoms with Gasteiger partial charge in [0.15, 0.2) is 5.96 Å². The molecule has 0 radical (unpaired) electrons. The molecule has 1 aromatic heterocycles. The Balaban J connectivity index is 0.00000400. The highest BCUT2D eigenvalue weighted by molar-refractivity contribution is 14.0. The van der Waals surface area contributed by atoms with Crippen molar-refractivity contribution in [2.75, 3.05) is 11.9 Å². The Labute approximate surface area is 143 Å². The normalized spacial score (nSPS) is 12.2. The summed E-state index contributed by atoms with van der Waals surface area (Å²) in [5, 5.41) is 5.76. The van der Waals surface area contributed by atoms with Crippen LogP contribution in [0.1, 0.15) is 32.3 Å².